The van der Waals surface area contributed by atoms with Crippen LogP contribution in [0.3, 0.4) is 0 Å². The molecule has 4 rings (SSSR count). The van der Waals surface area contributed by atoms with E-state index < -0.39 is 36.3 Å². The smallest absolute Gasteiger partial charge is 0.310 e. The number of rotatable bonds is 4. The van der Waals surface area contributed by atoms with E-state index in [1.165, 1.54) is 11.3 Å². The highest BCUT2D eigenvalue weighted by Gasteiger charge is 2.45. The number of carbonyl (C=O) groups is 4. The summed E-state index contributed by atoms with van der Waals surface area (Å²) < 4.78 is 4.66. The first-order valence-electron chi connectivity index (χ1n) is 9.92. The molecule has 2 fully saturated rings. The Balaban J connectivity index is 1.49. The zero-order valence-electron chi connectivity index (χ0n) is 16.2. The van der Waals surface area contributed by atoms with Crippen LogP contribution in [0.5, 0.6) is 0 Å². The summed E-state index contributed by atoms with van der Waals surface area (Å²) in [5.74, 6) is -1.64. The third-order valence-electron chi connectivity index (χ3n) is 5.70. The fourth-order valence-electron chi connectivity index (χ4n) is 4.17. The first-order valence-corrected chi connectivity index (χ1v) is 10.9. The number of aliphatic hydroxyl groups is 1. The van der Waals surface area contributed by atoms with Gasteiger partial charge in [-0.15, -0.1) is 0 Å². The summed E-state index contributed by atoms with van der Waals surface area (Å²) >= 11 is 1.40. The Morgan fingerprint density at radius 2 is 1.97 bits per heavy atom. The molecule has 2 unspecified atom stereocenters. The van der Waals surface area contributed by atoms with Crippen LogP contribution in [0.1, 0.15) is 42.5 Å². The molecule has 4 heterocycles. The molecular weight excluding hydrogens is 410 g/mol. The van der Waals surface area contributed by atoms with Gasteiger partial charge in [0.2, 0.25) is 18.1 Å². The Morgan fingerprint density at radius 1 is 1.17 bits per heavy atom. The second-order valence-corrected chi connectivity index (χ2v) is 8.45. The molecule has 0 aromatic carbocycles. The molecule has 3 aliphatic rings. The number of cyclic esters (lactones) is 1. The average Bonchev–Trinajstić information content (AvgIpc) is 3.43. The van der Waals surface area contributed by atoms with Gasteiger partial charge in [0.05, 0.1) is 12.0 Å². The summed E-state index contributed by atoms with van der Waals surface area (Å²) in [4.78, 5) is 51.6. The van der Waals surface area contributed by atoms with Gasteiger partial charge >= 0.3 is 5.97 Å². The third-order valence-corrected chi connectivity index (χ3v) is 6.39. The SMILES string of the molecule is O=C1CC(NC(=O)[C@@H]2CC[C@H]3CC=CC[C@H](NC(=O)c4ccsc4)C(=O)N32)C(O)O1. The van der Waals surface area contributed by atoms with Crippen LogP contribution >= 0.6 is 11.3 Å². The number of hydrogen-bond acceptors (Lipinski definition) is 7. The van der Waals surface area contributed by atoms with Gasteiger partial charge in [-0.05, 0) is 37.1 Å². The van der Waals surface area contributed by atoms with Gasteiger partial charge in [-0.25, -0.2) is 0 Å². The Kier molecular flexibility index (Phi) is 5.87. The predicted octanol–water partition coefficient (Wildman–Crippen LogP) is 0.306. The van der Waals surface area contributed by atoms with Gasteiger partial charge in [0.1, 0.15) is 18.1 Å². The lowest BCUT2D eigenvalue weighted by molar-refractivity contribution is -0.155. The number of fused-ring (bicyclic) bond motifs is 1. The van der Waals surface area contributed by atoms with Crippen LogP contribution < -0.4 is 10.6 Å². The molecule has 0 aliphatic carbocycles. The van der Waals surface area contributed by atoms with E-state index in [0.29, 0.717) is 31.2 Å². The Hall–Kier alpha value is -2.72. The number of aliphatic hydroxyl groups excluding tert-OH is 1. The van der Waals surface area contributed by atoms with Gasteiger partial charge < -0.3 is 25.4 Å². The number of ether oxygens (including phenoxy) is 1. The van der Waals surface area contributed by atoms with Crippen LogP contribution in [-0.2, 0) is 19.1 Å². The predicted molar refractivity (Wildman–Crippen MR) is 106 cm³/mol. The molecule has 3 N–H and O–H groups in total. The molecule has 0 radical (unpaired) electrons. The van der Waals surface area contributed by atoms with Gasteiger partial charge in [0.25, 0.3) is 5.91 Å². The molecule has 5 atom stereocenters. The summed E-state index contributed by atoms with van der Waals surface area (Å²) in [6, 6.07) is -0.780. The lowest BCUT2D eigenvalue weighted by atomic mass is 10.0. The molecule has 160 valence electrons. The number of carbonyl (C=O) groups excluding carboxylic acids is 4. The molecule has 0 saturated carbocycles. The summed E-state index contributed by atoms with van der Waals surface area (Å²) in [6.45, 7) is 0. The second kappa shape index (κ2) is 8.57. The van der Waals surface area contributed by atoms with Crippen LogP contribution in [0.4, 0.5) is 0 Å². The van der Waals surface area contributed by atoms with Crippen molar-refractivity contribution in [3.63, 3.8) is 0 Å². The van der Waals surface area contributed by atoms with E-state index in [1.807, 2.05) is 12.2 Å². The quantitative estimate of drug-likeness (QED) is 0.464. The number of esters is 1. The fourth-order valence-corrected chi connectivity index (χ4v) is 4.81. The van der Waals surface area contributed by atoms with Crippen LogP contribution in [0.25, 0.3) is 0 Å². The lowest BCUT2D eigenvalue weighted by Gasteiger charge is -2.34. The second-order valence-electron chi connectivity index (χ2n) is 7.67. The molecule has 0 spiro atoms. The number of nitrogens with one attached hydrogen (secondary N) is 2. The maximum absolute atomic E-state index is 13.3. The largest absolute Gasteiger partial charge is 0.434 e. The molecule has 2 saturated heterocycles. The van der Waals surface area contributed by atoms with E-state index in [1.54, 1.807) is 21.7 Å². The van der Waals surface area contributed by atoms with Gasteiger partial charge in [0.15, 0.2) is 0 Å². The highest BCUT2D eigenvalue weighted by atomic mass is 32.1. The van der Waals surface area contributed by atoms with Gasteiger partial charge in [-0.2, -0.15) is 11.3 Å². The van der Waals surface area contributed by atoms with Crippen molar-refractivity contribution in [3.05, 3.63) is 34.5 Å². The minimum absolute atomic E-state index is 0.112. The average molecular weight is 433 g/mol. The highest BCUT2D eigenvalue weighted by Crippen LogP contribution is 2.30. The minimum Gasteiger partial charge on any atom is -0.434 e. The van der Waals surface area contributed by atoms with Crippen molar-refractivity contribution in [1.82, 2.24) is 15.5 Å². The summed E-state index contributed by atoms with van der Waals surface area (Å²) in [6.07, 6.45) is 4.47. The Morgan fingerprint density at radius 3 is 2.67 bits per heavy atom. The van der Waals surface area contributed by atoms with Crippen LogP contribution in [0.2, 0.25) is 0 Å². The normalized spacial score (nSPS) is 31.0. The van der Waals surface area contributed by atoms with Crippen LogP contribution in [-0.4, -0.2) is 64.2 Å². The molecule has 1 aromatic rings. The lowest BCUT2D eigenvalue weighted by Crippen LogP contribution is -2.57. The maximum Gasteiger partial charge on any atom is 0.310 e. The highest BCUT2D eigenvalue weighted by molar-refractivity contribution is 7.08. The van der Waals surface area contributed by atoms with E-state index in [0.717, 1.165) is 0 Å². The standard InChI is InChI=1S/C20H23N3O6S/c24-16-9-14(20(28)29-16)22-18(26)15-6-5-12-3-1-2-4-13(19(27)23(12)15)21-17(25)11-7-8-30-10-11/h1-2,7-8,10,12-15,20,28H,3-6,9H2,(H,21,25)(H,22,26)/t12-,13+,14?,15+,20?/m1/s1. The summed E-state index contributed by atoms with van der Waals surface area (Å²) in [7, 11) is 0. The molecule has 3 aliphatic heterocycles. The number of hydrogen-bond donors (Lipinski definition) is 3. The Bertz CT molecular complexity index is 870. The van der Waals surface area contributed by atoms with Crippen molar-refractivity contribution >= 4 is 35.0 Å². The van der Waals surface area contributed by atoms with Gasteiger partial charge in [-0.3, -0.25) is 19.2 Å². The van der Waals surface area contributed by atoms with E-state index >= 15 is 0 Å². The van der Waals surface area contributed by atoms with Crippen molar-refractivity contribution in [3.8, 4) is 0 Å². The van der Waals surface area contributed by atoms with Gasteiger partial charge in [0, 0.05) is 11.4 Å². The Labute approximate surface area is 177 Å². The van der Waals surface area contributed by atoms with Crippen LogP contribution in [0.15, 0.2) is 29.0 Å². The molecule has 3 amide bonds. The van der Waals surface area contributed by atoms with Crippen LogP contribution in [0, 0.1) is 0 Å². The fraction of sp³-hybridized carbons (Fsp3) is 0.500. The van der Waals surface area contributed by atoms with Crippen molar-refractivity contribution in [1.29, 1.82) is 0 Å². The zero-order chi connectivity index (χ0) is 21.3. The first-order chi connectivity index (χ1) is 14.4. The van der Waals surface area contributed by atoms with Crippen molar-refractivity contribution in [2.24, 2.45) is 0 Å². The van der Waals surface area contributed by atoms with Crippen molar-refractivity contribution in [2.45, 2.75) is 62.6 Å². The zero-order valence-corrected chi connectivity index (χ0v) is 17.0. The van der Waals surface area contributed by atoms with Crippen molar-refractivity contribution < 1.29 is 29.0 Å². The molecular formula is C20H23N3O6S. The van der Waals surface area contributed by atoms with E-state index in [4.69, 9.17) is 0 Å². The monoisotopic (exact) mass is 433 g/mol. The maximum atomic E-state index is 13.3. The van der Waals surface area contributed by atoms with Gasteiger partial charge in [-0.1, -0.05) is 12.2 Å². The van der Waals surface area contributed by atoms with E-state index in [-0.39, 0.29) is 24.3 Å². The van der Waals surface area contributed by atoms with E-state index in [9.17, 15) is 24.3 Å². The molecule has 0 bridgehead atoms. The molecule has 9 nitrogen and oxygen atoms in total. The first kappa shape index (κ1) is 20.5. The van der Waals surface area contributed by atoms with E-state index in [2.05, 4.69) is 15.4 Å². The van der Waals surface area contributed by atoms with Crippen molar-refractivity contribution in [2.75, 3.05) is 0 Å². The summed E-state index contributed by atoms with van der Waals surface area (Å²) in [5.41, 5.74) is 0.492. The molecule has 10 heteroatoms. The third kappa shape index (κ3) is 4.10. The molecule has 30 heavy (non-hydrogen) atoms. The molecule has 1 aromatic heterocycles. The summed E-state index contributed by atoms with van der Waals surface area (Å²) in [5, 5.41) is 18.7. The number of thiophene rings is 1. The number of amides is 3. The number of nitrogens with zero attached hydrogens (tertiary/aromatic N) is 1. The minimum atomic E-state index is -1.39. The topological polar surface area (TPSA) is 125 Å².